The van der Waals surface area contributed by atoms with Gasteiger partial charge in [-0.2, -0.15) is 13.2 Å². The van der Waals surface area contributed by atoms with Crippen LogP contribution in [0.4, 0.5) is 18.0 Å². The van der Waals surface area contributed by atoms with E-state index in [-0.39, 0.29) is 12.6 Å². The van der Waals surface area contributed by atoms with Gasteiger partial charge >= 0.3 is 12.3 Å². The van der Waals surface area contributed by atoms with Gasteiger partial charge in [0.2, 0.25) is 0 Å². The van der Waals surface area contributed by atoms with Gasteiger partial charge in [0.25, 0.3) is 0 Å². The Morgan fingerprint density at radius 2 is 1.70 bits per heavy atom. The Morgan fingerprint density at radius 3 is 2.24 bits per heavy atom. The summed E-state index contributed by atoms with van der Waals surface area (Å²) in [5.74, 6) is 0.304. The molecule has 180 valence electrons. The van der Waals surface area contributed by atoms with Crippen molar-refractivity contribution in [2.24, 2.45) is 0 Å². The molecule has 0 aliphatic carbocycles. The molecule has 1 aliphatic rings. The van der Waals surface area contributed by atoms with Gasteiger partial charge in [-0.25, -0.2) is 4.79 Å². The molecule has 3 rings (SSSR count). The molecule has 0 bridgehead atoms. The number of hydrogen-bond acceptors (Lipinski definition) is 4. The van der Waals surface area contributed by atoms with Gasteiger partial charge in [0.15, 0.2) is 0 Å². The van der Waals surface area contributed by atoms with E-state index in [0.29, 0.717) is 12.2 Å². The summed E-state index contributed by atoms with van der Waals surface area (Å²) in [6.45, 7) is 9.27. The summed E-state index contributed by atoms with van der Waals surface area (Å²) in [4.78, 5) is 14.5. The van der Waals surface area contributed by atoms with Gasteiger partial charge in [0.1, 0.15) is 23.2 Å². The van der Waals surface area contributed by atoms with E-state index in [2.05, 4.69) is 0 Å². The van der Waals surface area contributed by atoms with Crippen molar-refractivity contribution in [3.05, 3.63) is 65.7 Å². The molecule has 0 saturated carbocycles. The minimum Gasteiger partial charge on any atom is -0.486 e. The number of alkyl halides is 3. The molecule has 5 nitrogen and oxygen atoms in total. The van der Waals surface area contributed by atoms with Gasteiger partial charge in [-0.15, -0.1) is 0 Å². The number of rotatable bonds is 5. The molecule has 0 unspecified atom stereocenters. The fraction of sp³-hybridized carbons (Fsp3) is 0.480. The van der Waals surface area contributed by atoms with Crippen LogP contribution in [0, 0.1) is 0 Å². The highest BCUT2D eigenvalue weighted by molar-refractivity contribution is 5.69. The summed E-state index contributed by atoms with van der Waals surface area (Å²) in [7, 11) is 0. The molecular weight excluding hydrogens is 435 g/mol. The highest BCUT2D eigenvalue weighted by Gasteiger charge is 2.46. The van der Waals surface area contributed by atoms with Crippen molar-refractivity contribution in [3.8, 4) is 5.75 Å². The number of halogens is 3. The molecule has 8 heteroatoms. The van der Waals surface area contributed by atoms with E-state index in [1.807, 2.05) is 30.3 Å². The molecule has 1 heterocycles. The lowest BCUT2D eigenvalue weighted by Crippen LogP contribution is -2.50. The second-order valence-electron chi connectivity index (χ2n) is 9.54. The van der Waals surface area contributed by atoms with Crippen LogP contribution in [0.5, 0.6) is 5.75 Å². The number of carbonyl (C=O) groups is 1. The minimum absolute atomic E-state index is 0.284. The molecule has 1 saturated heterocycles. The third-order valence-corrected chi connectivity index (χ3v) is 5.28. The second kappa shape index (κ2) is 9.25. The van der Waals surface area contributed by atoms with Crippen LogP contribution in [0.1, 0.15) is 58.3 Å². The van der Waals surface area contributed by atoms with Crippen molar-refractivity contribution in [1.29, 1.82) is 0 Å². The number of amides is 1. The van der Waals surface area contributed by atoms with E-state index in [1.54, 1.807) is 39.5 Å². The lowest BCUT2D eigenvalue weighted by atomic mass is 10.0. The highest BCUT2D eigenvalue weighted by atomic mass is 19.4. The summed E-state index contributed by atoms with van der Waals surface area (Å²) in [6.07, 6.45) is -5.06. The van der Waals surface area contributed by atoms with Crippen LogP contribution < -0.4 is 4.74 Å². The maximum Gasteiger partial charge on any atom is 0.416 e. The van der Waals surface area contributed by atoms with Gasteiger partial charge in [-0.05, 0) is 64.4 Å². The first-order chi connectivity index (χ1) is 15.3. The summed E-state index contributed by atoms with van der Waals surface area (Å²) < 4.78 is 56.4. The zero-order valence-electron chi connectivity index (χ0n) is 19.5. The summed E-state index contributed by atoms with van der Waals surface area (Å²) in [5, 5.41) is 0. The van der Waals surface area contributed by atoms with Gasteiger partial charge < -0.3 is 14.2 Å². The highest BCUT2D eigenvalue weighted by Crippen LogP contribution is 2.36. The summed E-state index contributed by atoms with van der Waals surface area (Å²) in [6, 6.07) is 13.6. The Morgan fingerprint density at radius 1 is 1.09 bits per heavy atom. The van der Waals surface area contributed by atoms with E-state index in [9.17, 15) is 18.0 Å². The maximum atomic E-state index is 13.0. The number of hydrogen-bond donors (Lipinski definition) is 0. The quantitative estimate of drug-likeness (QED) is 0.500. The molecule has 1 aliphatic heterocycles. The molecule has 1 fully saturated rings. The van der Waals surface area contributed by atoms with Crippen LogP contribution in [-0.4, -0.2) is 35.0 Å². The fourth-order valence-corrected chi connectivity index (χ4v) is 3.79. The van der Waals surface area contributed by atoms with Crippen molar-refractivity contribution in [1.82, 2.24) is 4.90 Å². The zero-order valence-corrected chi connectivity index (χ0v) is 19.5. The minimum atomic E-state index is -4.42. The van der Waals surface area contributed by atoms with Gasteiger partial charge in [0.05, 0.1) is 18.2 Å². The average molecular weight is 466 g/mol. The van der Waals surface area contributed by atoms with Crippen LogP contribution in [-0.2, 0) is 15.7 Å². The Bertz CT molecular complexity index is 937. The lowest BCUT2D eigenvalue weighted by Gasteiger charge is -2.36. The van der Waals surface area contributed by atoms with Crippen LogP contribution in [0.15, 0.2) is 54.6 Å². The third kappa shape index (κ3) is 6.41. The van der Waals surface area contributed by atoms with Crippen molar-refractivity contribution in [2.45, 2.75) is 70.7 Å². The van der Waals surface area contributed by atoms with Crippen molar-refractivity contribution in [3.63, 3.8) is 0 Å². The van der Waals surface area contributed by atoms with E-state index < -0.39 is 35.3 Å². The molecule has 0 radical (unpaired) electrons. The molecular formula is C25H30F3NO4. The maximum absolute atomic E-state index is 13.0. The SMILES string of the molecule is CC(C)(C)OC(=O)N1[C@@H](C[C@@H](Oc2ccc(C(F)(F)F)cc2)c2ccccc2)COC1(C)C. The predicted molar refractivity (Wildman–Crippen MR) is 118 cm³/mol. The predicted octanol–water partition coefficient (Wildman–Crippen LogP) is 6.59. The summed E-state index contributed by atoms with van der Waals surface area (Å²) in [5.41, 5.74) is -1.45. The van der Waals surface area contributed by atoms with E-state index in [0.717, 1.165) is 17.7 Å². The molecule has 1 amide bonds. The van der Waals surface area contributed by atoms with Crippen molar-refractivity contribution < 1.29 is 32.2 Å². The van der Waals surface area contributed by atoms with Gasteiger partial charge in [-0.3, -0.25) is 4.90 Å². The van der Waals surface area contributed by atoms with Crippen LogP contribution >= 0.6 is 0 Å². The fourth-order valence-electron chi connectivity index (χ4n) is 3.79. The van der Waals surface area contributed by atoms with Gasteiger partial charge in [-0.1, -0.05) is 30.3 Å². The molecule has 0 aromatic heterocycles. The van der Waals surface area contributed by atoms with Crippen LogP contribution in [0.25, 0.3) is 0 Å². The molecule has 0 spiro atoms. The topological polar surface area (TPSA) is 48.0 Å². The lowest BCUT2D eigenvalue weighted by molar-refractivity contribution is -0.137. The first-order valence-corrected chi connectivity index (χ1v) is 10.8. The summed E-state index contributed by atoms with van der Waals surface area (Å²) >= 11 is 0. The molecule has 2 aromatic carbocycles. The van der Waals surface area contributed by atoms with E-state index in [1.165, 1.54) is 12.1 Å². The van der Waals surface area contributed by atoms with Gasteiger partial charge in [0, 0.05) is 6.42 Å². The third-order valence-electron chi connectivity index (χ3n) is 5.28. The number of ether oxygens (including phenoxy) is 3. The molecule has 2 atom stereocenters. The van der Waals surface area contributed by atoms with Crippen LogP contribution in [0.2, 0.25) is 0 Å². The molecule has 2 aromatic rings. The second-order valence-corrected chi connectivity index (χ2v) is 9.54. The first kappa shape index (κ1) is 24.9. The Hall–Kier alpha value is -2.74. The number of nitrogens with zero attached hydrogens (tertiary/aromatic N) is 1. The number of carbonyl (C=O) groups excluding carboxylic acids is 1. The smallest absolute Gasteiger partial charge is 0.416 e. The zero-order chi connectivity index (χ0) is 24.4. The van der Waals surface area contributed by atoms with Crippen molar-refractivity contribution in [2.75, 3.05) is 6.61 Å². The number of benzene rings is 2. The standard InChI is InChI=1S/C25H30F3NO4/c1-23(2,3)33-22(30)29-19(16-31-24(29,4)5)15-21(17-9-7-6-8-10-17)32-20-13-11-18(12-14-20)25(26,27)28/h6-14,19,21H,15-16H2,1-5H3/t19-,21+/m0/s1. The van der Waals surface area contributed by atoms with E-state index in [4.69, 9.17) is 14.2 Å². The Balaban J connectivity index is 1.85. The first-order valence-electron chi connectivity index (χ1n) is 10.8. The normalized spacial score (nSPS) is 19.3. The Kier molecular flexibility index (Phi) is 6.98. The van der Waals surface area contributed by atoms with Crippen molar-refractivity contribution >= 4 is 6.09 Å². The average Bonchev–Trinajstić information content (AvgIpc) is 3.00. The van der Waals surface area contributed by atoms with Crippen LogP contribution in [0.3, 0.4) is 0 Å². The van der Waals surface area contributed by atoms with E-state index >= 15 is 0 Å². The molecule has 33 heavy (non-hydrogen) atoms. The molecule has 0 N–H and O–H groups in total. The Labute approximate surface area is 192 Å². The largest absolute Gasteiger partial charge is 0.486 e. The monoisotopic (exact) mass is 465 g/mol.